The number of carbonyl (C=O) groups is 1. The van der Waals surface area contributed by atoms with E-state index in [4.69, 9.17) is 11.6 Å². The molecular weight excluding hydrogens is 207 g/mol. The normalized spacial score (nSPS) is 9.64. The van der Waals surface area contributed by atoms with Crippen molar-refractivity contribution in [2.75, 3.05) is 11.9 Å². The van der Waals surface area contributed by atoms with Crippen LogP contribution in [0.25, 0.3) is 0 Å². The van der Waals surface area contributed by atoms with E-state index in [2.05, 4.69) is 10.6 Å². The topological polar surface area (TPSA) is 41.1 Å². The van der Waals surface area contributed by atoms with Gasteiger partial charge in [0.1, 0.15) is 5.82 Å². The monoisotopic (exact) mass is 216 g/mol. The van der Waals surface area contributed by atoms with Gasteiger partial charge in [0.05, 0.1) is 5.69 Å². The number of nitrogens with one attached hydrogen (secondary N) is 2. The van der Waals surface area contributed by atoms with Crippen LogP contribution in [0.1, 0.15) is 6.92 Å². The zero-order valence-corrected chi connectivity index (χ0v) is 8.36. The highest BCUT2D eigenvalue weighted by atomic mass is 35.5. The fraction of sp³-hybridized carbons (Fsp3) is 0.222. The van der Waals surface area contributed by atoms with Crippen LogP contribution in [0.15, 0.2) is 18.2 Å². The lowest BCUT2D eigenvalue weighted by Crippen LogP contribution is -2.28. The van der Waals surface area contributed by atoms with E-state index in [1.165, 1.54) is 12.1 Å². The van der Waals surface area contributed by atoms with E-state index in [1.54, 1.807) is 6.92 Å². The molecule has 0 aliphatic heterocycles. The van der Waals surface area contributed by atoms with Crippen LogP contribution in [0.3, 0.4) is 0 Å². The maximum Gasteiger partial charge on any atom is 0.319 e. The Balaban J connectivity index is 2.72. The Hall–Kier alpha value is -1.29. The van der Waals surface area contributed by atoms with Gasteiger partial charge in [-0.05, 0) is 25.1 Å². The van der Waals surface area contributed by atoms with E-state index in [1.807, 2.05) is 0 Å². The number of urea groups is 1. The van der Waals surface area contributed by atoms with E-state index in [0.29, 0.717) is 11.6 Å². The highest BCUT2D eigenvalue weighted by Gasteiger charge is 2.05. The Morgan fingerprint density at radius 2 is 2.29 bits per heavy atom. The van der Waals surface area contributed by atoms with Gasteiger partial charge < -0.3 is 10.6 Å². The van der Waals surface area contributed by atoms with Gasteiger partial charge in [-0.25, -0.2) is 9.18 Å². The summed E-state index contributed by atoms with van der Waals surface area (Å²) in [6.45, 7) is 2.26. The highest BCUT2D eigenvalue weighted by molar-refractivity contribution is 6.30. The van der Waals surface area contributed by atoms with Crippen LogP contribution in [-0.4, -0.2) is 12.6 Å². The summed E-state index contributed by atoms with van der Waals surface area (Å²) in [6, 6.07) is 3.62. The molecule has 1 aromatic carbocycles. The van der Waals surface area contributed by atoms with Crippen molar-refractivity contribution in [1.29, 1.82) is 0 Å². The zero-order valence-electron chi connectivity index (χ0n) is 7.60. The van der Waals surface area contributed by atoms with Gasteiger partial charge in [0.15, 0.2) is 0 Å². The van der Waals surface area contributed by atoms with Crippen LogP contribution in [0, 0.1) is 5.82 Å². The van der Waals surface area contributed by atoms with E-state index in [-0.39, 0.29) is 5.69 Å². The fourth-order valence-electron chi connectivity index (χ4n) is 0.918. The summed E-state index contributed by atoms with van der Waals surface area (Å²) < 4.78 is 13.1. The van der Waals surface area contributed by atoms with Crippen molar-refractivity contribution < 1.29 is 9.18 Å². The molecule has 2 amide bonds. The van der Waals surface area contributed by atoms with Crippen LogP contribution < -0.4 is 10.6 Å². The minimum Gasteiger partial charge on any atom is -0.338 e. The SMILES string of the molecule is CCNC(=O)Nc1ccc(Cl)cc1F. The quantitative estimate of drug-likeness (QED) is 0.784. The lowest BCUT2D eigenvalue weighted by molar-refractivity contribution is 0.252. The van der Waals surface area contributed by atoms with Gasteiger partial charge in [-0.2, -0.15) is 0 Å². The number of rotatable bonds is 2. The van der Waals surface area contributed by atoms with Crippen molar-refractivity contribution in [2.45, 2.75) is 6.92 Å². The third kappa shape index (κ3) is 2.88. The smallest absolute Gasteiger partial charge is 0.319 e. The van der Waals surface area contributed by atoms with Gasteiger partial charge in [0, 0.05) is 11.6 Å². The molecule has 0 heterocycles. The lowest BCUT2D eigenvalue weighted by atomic mass is 10.3. The highest BCUT2D eigenvalue weighted by Crippen LogP contribution is 2.18. The number of halogens is 2. The molecule has 0 spiro atoms. The van der Waals surface area contributed by atoms with Crippen molar-refractivity contribution in [1.82, 2.24) is 5.32 Å². The molecule has 0 saturated heterocycles. The van der Waals surface area contributed by atoms with Crippen molar-refractivity contribution >= 4 is 23.3 Å². The molecule has 14 heavy (non-hydrogen) atoms. The number of carbonyl (C=O) groups excluding carboxylic acids is 1. The summed E-state index contributed by atoms with van der Waals surface area (Å²) >= 11 is 5.55. The third-order valence-electron chi connectivity index (χ3n) is 1.52. The van der Waals surface area contributed by atoms with Gasteiger partial charge in [0.25, 0.3) is 0 Å². The molecule has 1 aromatic rings. The number of hydrogen-bond donors (Lipinski definition) is 2. The Kier molecular flexibility index (Phi) is 3.71. The molecule has 2 N–H and O–H groups in total. The first-order valence-corrected chi connectivity index (χ1v) is 4.51. The Morgan fingerprint density at radius 3 is 2.86 bits per heavy atom. The third-order valence-corrected chi connectivity index (χ3v) is 1.75. The summed E-state index contributed by atoms with van der Waals surface area (Å²) in [6.07, 6.45) is 0. The van der Waals surface area contributed by atoms with Crippen molar-refractivity contribution in [2.24, 2.45) is 0 Å². The minimum absolute atomic E-state index is 0.111. The number of amides is 2. The van der Waals surface area contributed by atoms with Gasteiger partial charge in [0.2, 0.25) is 0 Å². The largest absolute Gasteiger partial charge is 0.338 e. The van der Waals surface area contributed by atoms with E-state index < -0.39 is 11.8 Å². The molecule has 1 rings (SSSR count). The maximum absolute atomic E-state index is 13.1. The average molecular weight is 217 g/mol. The fourth-order valence-corrected chi connectivity index (χ4v) is 1.08. The molecular formula is C9H10ClFN2O. The van der Waals surface area contributed by atoms with E-state index in [0.717, 1.165) is 6.07 Å². The van der Waals surface area contributed by atoms with Gasteiger partial charge in [-0.15, -0.1) is 0 Å². The van der Waals surface area contributed by atoms with Crippen LogP contribution in [0.5, 0.6) is 0 Å². The standard InChI is InChI=1S/C9H10ClFN2O/c1-2-12-9(14)13-8-4-3-6(10)5-7(8)11/h3-5H,2H2,1H3,(H2,12,13,14). The Morgan fingerprint density at radius 1 is 1.57 bits per heavy atom. The summed E-state index contributed by atoms with van der Waals surface area (Å²) in [7, 11) is 0. The number of anilines is 1. The van der Waals surface area contributed by atoms with Gasteiger partial charge in [-0.3, -0.25) is 0 Å². The molecule has 0 aliphatic carbocycles. The Bertz CT molecular complexity index is 344. The number of benzene rings is 1. The van der Waals surface area contributed by atoms with E-state index in [9.17, 15) is 9.18 Å². The first kappa shape index (κ1) is 10.8. The second-order valence-electron chi connectivity index (χ2n) is 2.61. The van der Waals surface area contributed by atoms with Gasteiger partial charge in [-0.1, -0.05) is 11.6 Å². The molecule has 0 bridgehead atoms. The summed E-state index contributed by atoms with van der Waals surface area (Å²) in [5.74, 6) is -0.552. The molecule has 0 atom stereocenters. The van der Waals surface area contributed by atoms with Crippen LogP contribution in [0.4, 0.5) is 14.9 Å². The van der Waals surface area contributed by atoms with Crippen molar-refractivity contribution in [3.63, 3.8) is 0 Å². The first-order valence-electron chi connectivity index (χ1n) is 4.13. The molecule has 0 unspecified atom stereocenters. The minimum atomic E-state index is -0.552. The second-order valence-corrected chi connectivity index (χ2v) is 3.05. The molecule has 0 radical (unpaired) electrons. The Labute approximate surface area is 86.3 Å². The molecule has 0 fully saturated rings. The van der Waals surface area contributed by atoms with Crippen molar-refractivity contribution in [3.8, 4) is 0 Å². The predicted octanol–water partition coefficient (Wildman–Crippen LogP) is 2.62. The number of hydrogen-bond acceptors (Lipinski definition) is 1. The maximum atomic E-state index is 13.1. The second kappa shape index (κ2) is 4.81. The van der Waals surface area contributed by atoms with Crippen LogP contribution in [0.2, 0.25) is 5.02 Å². The average Bonchev–Trinajstić information content (AvgIpc) is 2.10. The lowest BCUT2D eigenvalue weighted by Gasteiger charge is -2.06. The molecule has 3 nitrogen and oxygen atoms in total. The van der Waals surface area contributed by atoms with Crippen LogP contribution in [-0.2, 0) is 0 Å². The molecule has 0 aliphatic rings. The van der Waals surface area contributed by atoms with Crippen LogP contribution >= 0.6 is 11.6 Å². The molecule has 76 valence electrons. The summed E-state index contributed by atoms with van der Waals surface area (Å²) in [5.41, 5.74) is 0.111. The van der Waals surface area contributed by atoms with Crippen molar-refractivity contribution in [3.05, 3.63) is 29.0 Å². The van der Waals surface area contributed by atoms with Gasteiger partial charge >= 0.3 is 6.03 Å². The summed E-state index contributed by atoms with van der Waals surface area (Å²) in [4.78, 5) is 11.0. The molecule has 5 heteroatoms. The zero-order chi connectivity index (χ0) is 10.6. The molecule has 0 saturated carbocycles. The summed E-state index contributed by atoms with van der Waals surface area (Å²) in [5, 5.41) is 5.14. The first-order chi connectivity index (χ1) is 6.63. The molecule has 0 aromatic heterocycles. The van der Waals surface area contributed by atoms with E-state index >= 15 is 0 Å². The predicted molar refractivity (Wildman–Crippen MR) is 54.1 cm³/mol.